The molecule has 118 valence electrons. The number of fused-ring (bicyclic) bond motifs is 3. The van der Waals surface area contributed by atoms with Gasteiger partial charge in [-0.3, -0.25) is 4.79 Å². The van der Waals surface area contributed by atoms with E-state index in [4.69, 9.17) is 9.47 Å². The lowest BCUT2D eigenvalue weighted by atomic mass is 10.1. The zero-order valence-electron chi connectivity index (χ0n) is 12.7. The van der Waals surface area contributed by atoms with Crippen molar-refractivity contribution in [2.45, 2.75) is 19.1 Å². The first-order valence-corrected chi connectivity index (χ1v) is 7.79. The van der Waals surface area contributed by atoms with Crippen molar-refractivity contribution in [2.24, 2.45) is 0 Å². The lowest BCUT2D eigenvalue weighted by Gasteiger charge is -2.28. The van der Waals surface area contributed by atoms with Crippen molar-refractivity contribution in [2.75, 3.05) is 18.5 Å². The van der Waals surface area contributed by atoms with Crippen molar-refractivity contribution in [1.82, 2.24) is 5.32 Å². The van der Waals surface area contributed by atoms with Gasteiger partial charge in [0.15, 0.2) is 11.5 Å². The molecular weight excluding hydrogens is 292 g/mol. The maximum atomic E-state index is 11.6. The van der Waals surface area contributed by atoms with Gasteiger partial charge in [-0.1, -0.05) is 30.3 Å². The largest absolute Gasteiger partial charge is 0.486 e. The Kier molecular flexibility index (Phi) is 3.63. The van der Waals surface area contributed by atoms with Crippen LogP contribution in [0, 0.1) is 0 Å². The Hall–Kier alpha value is -2.53. The van der Waals surface area contributed by atoms with E-state index in [9.17, 15) is 4.79 Å². The molecule has 0 spiro atoms. The van der Waals surface area contributed by atoms with Crippen LogP contribution in [0.1, 0.15) is 11.1 Å². The van der Waals surface area contributed by atoms with E-state index in [1.165, 1.54) is 5.56 Å². The molecule has 2 heterocycles. The van der Waals surface area contributed by atoms with E-state index in [1.807, 2.05) is 30.3 Å². The number of hydrogen-bond acceptors (Lipinski definition) is 4. The van der Waals surface area contributed by atoms with Crippen LogP contribution in [0.25, 0.3) is 0 Å². The van der Waals surface area contributed by atoms with Crippen LogP contribution in [-0.4, -0.2) is 25.2 Å². The number of carbonyl (C=O) groups excluding carboxylic acids is 1. The molecule has 0 aliphatic carbocycles. The zero-order valence-corrected chi connectivity index (χ0v) is 12.7. The molecule has 1 atom stereocenters. The third-order valence-corrected chi connectivity index (χ3v) is 4.09. The van der Waals surface area contributed by atoms with Gasteiger partial charge in [0, 0.05) is 24.3 Å². The monoisotopic (exact) mass is 310 g/mol. The molecule has 5 nitrogen and oxygen atoms in total. The summed E-state index contributed by atoms with van der Waals surface area (Å²) >= 11 is 0. The van der Waals surface area contributed by atoms with Crippen LogP contribution in [0.5, 0.6) is 11.5 Å². The highest BCUT2D eigenvalue weighted by atomic mass is 16.6. The molecule has 2 N–H and O–H groups in total. The second-order valence-electron chi connectivity index (χ2n) is 5.81. The molecule has 5 heteroatoms. The first-order chi connectivity index (χ1) is 11.3. The minimum absolute atomic E-state index is 0.00123. The smallest absolute Gasteiger partial charge is 0.229 e. The average Bonchev–Trinajstić information content (AvgIpc) is 2.97. The SMILES string of the molecule is O=C1Cc2c(ccc3c2OC(CNCc2ccccc2)CO3)N1. The topological polar surface area (TPSA) is 59.6 Å². The first kappa shape index (κ1) is 14.1. The van der Waals surface area contributed by atoms with Gasteiger partial charge < -0.3 is 20.1 Å². The van der Waals surface area contributed by atoms with Gasteiger partial charge in [-0.25, -0.2) is 0 Å². The third kappa shape index (κ3) is 2.87. The summed E-state index contributed by atoms with van der Waals surface area (Å²) < 4.78 is 11.9. The number of benzene rings is 2. The second-order valence-corrected chi connectivity index (χ2v) is 5.81. The summed E-state index contributed by atoms with van der Waals surface area (Å²) in [6.45, 7) is 1.99. The highest BCUT2D eigenvalue weighted by Gasteiger charge is 2.29. The Labute approximate surface area is 134 Å². The average molecular weight is 310 g/mol. The van der Waals surface area contributed by atoms with E-state index >= 15 is 0 Å². The highest BCUT2D eigenvalue weighted by Crippen LogP contribution is 2.41. The van der Waals surface area contributed by atoms with E-state index in [2.05, 4.69) is 22.8 Å². The molecule has 0 aromatic heterocycles. The molecule has 2 aliphatic heterocycles. The molecule has 0 saturated heterocycles. The molecule has 0 radical (unpaired) electrons. The lowest BCUT2D eigenvalue weighted by molar-refractivity contribution is -0.115. The van der Waals surface area contributed by atoms with Gasteiger partial charge in [0.2, 0.25) is 5.91 Å². The summed E-state index contributed by atoms with van der Waals surface area (Å²) in [4.78, 5) is 11.6. The fraction of sp³-hybridized carbons (Fsp3) is 0.278. The van der Waals surface area contributed by atoms with Crippen LogP contribution >= 0.6 is 0 Å². The van der Waals surface area contributed by atoms with Crippen molar-refractivity contribution < 1.29 is 14.3 Å². The number of anilines is 1. The summed E-state index contributed by atoms with van der Waals surface area (Å²) in [6.07, 6.45) is 0.292. The van der Waals surface area contributed by atoms with E-state index in [0.29, 0.717) is 25.3 Å². The maximum absolute atomic E-state index is 11.6. The minimum atomic E-state index is -0.0617. The zero-order chi connectivity index (χ0) is 15.6. The van der Waals surface area contributed by atoms with Gasteiger partial charge in [-0.05, 0) is 17.7 Å². The Bertz CT molecular complexity index is 731. The summed E-state index contributed by atoms with van der Waals surface area (Å²) in [5.74, 6) is 1.43. The number of ether oxygens (including phenoxy) is 2. The van der Waals surface area contributed by atoms with Crippen LogP contribution < -0.4 is 20.1 Å². The molecule has 0 saturated carbocycles. The van der Waals surface area contributed by atoms with Gasteiger partial charge in [0.05, 0.1) is 6.42 Å². The molecule has 2 aromatic rings. The normalized spacial score (nSPS) is 18.4. The molecule has 23 heavy (non-hydrogen) atoms. The second kappa shape index (κ2) is 5.93. The fourth-order valence-electron chi connectivity index (χ4n) is 2.95. The molecule has 4 rings (SSSR count). The summed E-state index contributed by atoms with van der Waals surface area (Å²) in [6, 6.07) is 14.0. The van der Waals surface area contributed by atoms with E-state index in [0.717, 1.165) is 23.5 Å². The molecule has 0 bridgehead atoms. The van der Waals surface area contributed by atoms with E-state index < -0.39 is 0 Å². The van der Waals surface area contributed by atoms with Crippen molar-refractivity contribution in [1.29, 1.82) is 0 Å². The minimum Gasteiger partial charge on any atom is -0.486 e. The standard InChI is InChI=1S/C18H18N2O3/c21-17-8-14-15(20-17)6-7-16-18(14)23-13(11-22-16)10-19-9-12-4-2-1-3-5-12/h1-7,13,19H,8-11H2,(H,20,21). The van der Waals surface area contributed by atoms with Crippen LogP contribution in [0.15, 0.2) is 42.5 Å². The molecule has 0 fully saturated rings. The maximum Gasteiger partial charge on any atom is 0.229 e. The van der Waals surface area contributed by atoms with Crippen molar-refractivity contribution in [3.63, 3.8) is 0 Å². The third-order valence-electron chi connectivity index (χ3n) is 4.09. The molecule has 1 amide bonds. The predicted molar refractivity (Wildman–Crippen MR) is 86.8 cm³/mol. The first-order valence-electron chi connectivity index (χ1n) is 7.79. The summed E-state index contributed by atoms with van der Waals surface area (Å²) in [5.41, 5.74) is 2.97. The Morgan fingerprint density at radius 2 is 2.04 bits per heavy atom. The molecular formula is C18H18N2O3. The molecule has 1 unspecified atom stereocenters. The Balaban J connectivity index is 1.41. The number of amides is 1. The van der Waals surface area contributed by atoms with Crippen LogP contribution in [0.2, 0.25) is 0 Å². The van der Waals surface area contributed by atoms with Gasteiger partial charge >= 0.3 is 0 Å². The van der Waals surface area contributed by atoms with E-state index in [-0.39, 0.29) is 12.0 Å². The van der Waals surface area contributed by atoms with Gasteiger partial charge in [0.25, 0.3) is 0 Å². The van der Waals surface area contributed by atoms with Crippen molar-refractivity contribution in [3.05, 3.63) is 53.6 Å². The predicted octanol–water partition coefficient (Wildman–Crippen LogP) is 2.11. The summed E-state index contributed by atoms with van der Waals surface area (Å²) in [7, 11) is 0. The quantitative estimate of drug-likeness (QED) is 0.908. The molecule has 2 aliphatic rings. The number of nitrogens with one attached hydrogen (secondary N) is 2. The summed E-state index contributed by atoms with van der Waals surface area (Å²) in [5, 5.41) is 6.23. The van der Waals surface area contributed by atoms with Gasteiger partial charge in [-0.15, -0.1) is 0 Å². The Morgan fingerprint density at radius 1 is 1.17 bits per heavy atom. The molecule has 2 aromatic carbocycles. The number of carbonyl (C=O) groups is 1. The van der Waals surface area contributed by atoms with Gasteiger partial charge in [-0.2, -0.15) is 0 Å². The number of rotatable bonds is 4. The highest BCUT2D eigenvalue weighted by molar-refractivity contribution is 6.00. The number of hydrogen-bond donors (Lipinski definition) is 2. The van der Waals surface area contributed by atoms with Crippen LogP contribution in [0.3, 0.4) is 0 Å². The van der Waals surface area contributed by atoms with Crippen LogP contribution in [0.4, 0.5) is 5.69 Å². The van der Waals surface area contributed by atoms with Crippen LogP contribution in [-0.2, 0) is 17.8 Å². The van der Waals surface area contributed by atoms with Crippen molar-refractivity contribution in [3.8, 4) is 11.5 Å². The van der Waals surface area contributed by atoms with E-state index in [1.54, 1.807) is 0 Å². The fourth-order valence-corrected chi connectivity index (χ4v) is 2.95. The Morgan fingerprint density at radius 3 is 2.91 bits per heavy atom. The lowest BCUT2D eigenvalue weighted by Crippen LogP contribution is -2.38. The van der Waals surface area contributed by atoms with Crippen molar-refractivity contribution >= 4 is 11.6 Å². The van der Waals surface area contributed by atoms with Gasteiger partial charge in [0.1, 0.15) is 12.7 Å².